The minimum absolute atomic E-state index is 1.14. The number of hydrogen-bond donors (Lipinski definition) is 1. The molecular weight excluding hydrogens is 110 g/mol. The Morgan fingerprint density at radius 1 is 1.11 bits per heavy atom. The normalized spacial score (nSPS) is 22.0. The smallest absolute Gasteiger partial charge is 0.0143 e. The SMILES string of the molecule is C=C1CCCCCCN1. The van der Waals surface area contributed by atoms with Crippen LogP contribution >= 0.6 is 0 Å². The topological polar surface area (TPSA) is 12.0 Å². The van der Waals surface area contributed by atoms with Crippen LogP contribution in [0.3, 0.4) is 0 Å². The Bertz CT molecular complexity index is 86.7. The number of nitrogens with one attached hydrogen (secondary N) is 1. The molecule has 1 aliphatic heterocycles. The van der Waals surface area contributed by atoms with Crippen molar-refractivity contribution >= 4 is 0 Å². The van der Waals surface area contributed by atoms with E-state index < -0.39 is 0 Å². The molecule has 1 heteroatoms. The lowest BCUT2D eigenvalue weighted by Gasteiger charge is -2.12. The van der Waals surface area contributed by atoms with E-state index in [-0.39, 0.29) is 0 Å². The average molecular weight is 125 g/mol. The van der Waals surface area contributed by atoms with E-state index in [1.54, 1.807) is 0 Å². The molecule has 1 N–H and O–H groups in total. The largest absolute Gasteiger partial charge is 0.389 e. The van der Waals surface area contributed by atoms with Gasteiger partial charge in [-0.05, 0) is 19.3 Å². The molecule has 1 rings (SSSR count). The van der Waals surface area contributed by atoms with E-state index in [1.165, 1.54) is 37.8 Å². The van der Waals surface area contributed by atoms with E-state index in [9.17, 15) is 0 Å². The van der Waals surface area contributed by atoms with E-state index in [4.69, 9.17) is 0 Å². The van der Waals surface area contributed by atoms with Crippen molar-refractivity contribution in [1.29, 1.82) is 0 Å². The Balaban J connectivity index is 2.20. The monoisotopic (exact) mass is 125 g/mol. The van der Waals surface area contributed by atoms with E-state index in [1.807, 2.05) is 0 Å². The molecule has 52 valence electrons. The van der Waals surface area contributed by atoms with E-state index >= 15 is 0 Å². The van der Waals surface area contributed by atoms with Crippen LogP contribution in [0.5, 0.6) is 0 Å². The minimum atomic E-state index is 1.14. The molecule has 1 nitrogen and oxygen atoms in total. The van der Waals surface area contributed by atoms with Crippen molar-refractivity contribution in [3.05, 3.63) is 12.3 Å². The molecule has 9 heavy (non-hydrogen) atoms. The van der Waals surface area contributed by atoms with Gasteiger partial charge in [0.15, 0.2) is 0 Å². The van der Waals surface area contributed by atoms with Crippen LogP contribution in [-0.4, -0.2) is 6.54 Å². The van der Waals surface area contributed by atoms with Gasteiger partial charge in [-0.3, -0.25) is 0 Å². The fourth-order valence-electron chi connectivity index (χ4n) is 1.17. The molecule has 0 aromatic rings. The first-order valence-electron chi connectivity index (χ1n) is 3.81. The fourth-order valence-corrected chi connectivity index (χ4v) is 1.17. The van der Waals surface area contributed by atoms with Gasteiger partial charge in [0, 0.05) is 12.2 Å². The van der Waals surface area contributed by atoms with Crippen LogP contribution in [0.1, 0.15) is 32.1 Å². The maximum absolute atomic E-state index is 3.90. The second kappa shape index (κ2) is 3.54. The van der Waals surface area contributed by atoms with Gasteiger partial charge in [-0.1, -0.05) is 19.4 Å². The van der Waals surface area contributed by atoms with Crippen LogP contribution < -0.4 is 5.32 Å². The molecule has 1 heterocycles. The van der Waals surface area contributed by atoms with Crippen molar-refractivity contribution in [2.75, 3.05) is 6.54 Å². The summed E-state index contributed by atoms with van der Waals surface area (Å²) < 4.78 is 0. The summed E-state index contributed by atoms with van der Waals surface area (Å²) in [6.07, 6.45) is 6.60. The Morgan fingerprint density at radius 2 is 1.89 bits per heavy atom. The van der Waals surface area contributed by atoms with Gasteiger partial charge in [-0.25, -0.2) is 0 Å². The average Bonchev–Trinajstić information content (AvgIpc) is 1.79. The third kappa shape index (κ3) is 2.54. The third-order valence-electron chi connectivity index (χ3n) is 1.78. The van der Waals surface area contributed by atoms with Crippen LogP contribution in [0.2, 0.25) is 0 Å². The lowest BCUT2D eigenvalue weighted by molar-refractivity contribution is 0.565. The Morgan fingerprint density at radius 3 is 2.78 bits per heavy atom. The predicted molar refractivity (Wildman–Crippen MR) is 40.2 cm³/mol. The van der Waals surface area contributed by atoms with Gasteiger partial charge < -0.3 is 5.32 Å². The van der Waals surface area contributed by atoms with Crippen LogP contribution in [0.15, 0.2) is 12.3 Å². The molecule has 0 spiro atoms. The zero-order valence-corrected chi connectivity index (χ0v) is 5.95. The lowest BCUT2D eigenvalue weighted by Crippen LogP contribution is -2.15. The minimum Gasteiger partial charge on any atom is -0.389 e. The highest BCUT2D eigenvalue weighted by molar-refractivity contribution is 4.91. The molecule has 1 fully saturated rings. The summed E-state index contributed by atoms with van der Waals surface area (Å²) in [5, 5.41) is 3.29. The molecule has 0 unspecified atom stereocenters. The summed E-state index contributed by atoms with van der Waals surface area (Å²) in [6, 6.07) is 0. The van der Waals surface area contributed by atoms with Gasteiger partial charge in [-0.2, -0.15) is 0 Å². The Hall–Kier alpha value is -0.460. The summed E-state index contributed by atoms with van der Waals surface area (Å²) in [7, 11) is 0. The van der Waals surface area contributed by atoms with Gasteiger partial charge in [0.2, 0.25) is 0 Å². The molecular formula is C8H15N. The van der Waals surface area contributed by atoms with Gasteiger partial charge in [0.25, 0.3) is 0 Å². The first-order chi connectivity index (χ1) is 4.39. The molecule has 0 radical (unpaired) electrons. The van der Waals surface area contributed by atoms with Crippen molar-refractivity contribution in [2.45, 2.75) is 32.1 Å². The van der Waals surface area contributed by atoms with E-state index in [0.29, 0.717) is 0 Å². The molecule has 0 saturated carbocycles. The number of allylic oxidation sites excluding steroid dienone is 1. The maximum atomic E-state index is 3.90. The van der Waals surface area contributed by atoms with E-state index in [2.05, 4.69) is 11.9 Å². The van der Waals surface area contributed by atoms with E-state index in [0.717, 1.165) is 6.54 Å². The molecule has 0 aromatic carbocycles. The molecule has 0 bridgehead atoms. The summed E-state index contributed by atoms with van der Waals surface area (Å²) in [4.78, 5) is 0. The van der Waals surface area contributed by atoms with Crippen molar-refractivity contribution in [3.63, 3.8) is 0 Å². The summed E-state index contributed by atoms with van der Waals surface area (Å²) >= 11 is 0. The summed E-state index contributed by atoms with van der Waals surface area (Å²) in [5.41, 5.74) is 1.23. The highest BCUT2D eigenvalue weighted by Crippen LogP contribution is 2.09. The standard InChI is InChI=1S/C8H15N/c1-8-6-4-2-3-5-7-9-8/h9H,1-7H2. The van der Waals surface area contributed by atoms with Crippen molar-refractivity contribution < 1.29 is 0 Å². The summed E-state index contributed by atoms with van der Waals surface area (Å²) in [5.74, 6) is 0. The zero-order chi connectivity index (χ0) is 6.53. The molecule has 0 amide bonds. The second-order valence-electron chi connectivity index (χ2n) is 2.69. The Labute approximate surface area is 57.1 Å². The van der Waals surface area contributed by atoms with Gasteiger partial charge in [0.1, 0.15) is 0 Å². The van der Waals surface area contributed by atoms with Gasteiger partial charge in [-0.15, -0.1) is 0 Å². The molecule has 1 saturated heterocycles. The van der Waals surface area contributed by atoms with Crippen LogP contribution in [0.25, 0.3) is 0 Å². The van der Waals surface area contributed by atoms with Crippen molar-refractivity contribution in [3.8, 4) is 0 Å². The highest BCUT2D eigenvalue weighted by atomic mass is 14.9. The molecule has 0 aromatic heterocycles. The van der Waals surface area contributed by atoms with Crippen molar-refractivity contribution in [2.24, 2.45) is 0 Å². The molecule has 0 atom stereocenters. The first-order valence-corrected chi connectivity index (χ1v) is 3.81. The number of rotatable bonds is 0. The summed E-state index contributed by atoms with van der Waals surface area (Å²) in [6.45, 7) is 5.04. The van der Waals surface area contributed by atoms with Crippen LogP contribution in [-0.2, 0) is 0 Å². The fraction of sp³-hybridized carbons (Fsp3) is 0.750. The second-order valence-corrected chi connectivity index (χ2v) is 2.69. The lowest BCUT2D eigenvalue weighted by atomic mass is 10.1. The molecule has 0 aliphatic carbocycles. The molecule has 1 aliphatic rings. The van der Waals surface area contributed by atoms with Gasteiger partial charge in [0.05, 0.1) is 0 Å². The zero-order valence-electron chi connectivity index (χ0n) is 5.95. The quantitative estimate of drug-likeness (QED) is 0.522. The maximum Gasteiger partial charge on any atom is 0.0143 e. The highest BCUT2D eigenvalue weighted by Gasteiger charge is 1.97. The number of hydrogen-bond acceptors (Lipinski definition) is 1. The first kappa shape index (κ1) is 6.66. The predicted octanol–water partition coefficient (Wildman–Crippen LogP) is 2.05. The van der Waals surface area contributed by atoms with Crippen molar-refractivity contribution in [1.82, 2.24) is 5.32 Å². The third-order valence-corrected chi connectivity index (χ3v) is 1.78. The van der Waals surface area contributed by atoms with Crippen LogP contribution in [0.4, 0.5) is 0 Å². The van der Waals surface area contributed by atoms with Gasteiger partial charge >= 0.3 is 0 Å². The van der Waals surface area contributed by atoms with Crippen LogP contribution in [0, 0.1) is 0 Å². The Kier molecular flexibility index (Phi) is 2.62.